The number of ketones is 1. The number of benzene rings is 3. The lowest BCUT2D eigenvalue weighted by Crippen LogP contribution is -2.30. The fourth-order valence-corrected chi connectivity index (χ4v) is 5.46. The normalized spacial score (nSPS) is 16.5. The number of phenolic OH excluding ortho intramolecular Hbond substituents is 1. The Balaban J connectivity index is 2.06. The molecule has 1 heterocycles. The molecule has 1 aliphatic rings. The smallest absolute Gasteiger partial charge is 0.300 e. The maximum Gasteiger partial charge on any atom is 0.300 e. The van der Waals surface area contributed by atoms with Crippen molar-refractivity contribution in [2.75, 3.05) is 25.7 Å². The summed E-state index contributed by atoms with van der Waals surface area (Å²) in [6.45, 7) is 3.75. The number of Topliss-reactive ketones (excluding diaryl/α,β-unsaturated/α-hetero) is 1. The van der Waals surface area contributed by atoms with Crippen LogP contribution in [0.1, 0.15) is 29.7 Å². The van der Waals surface area contributed by atoms with Crippen LogP contribution in [0.2, 0.25) is 15.1 Å². The molecule has 1 aliphatic heterocycles. The van der Waals surface area contributed by atoms with E-state index in [0.717, 1.165) is 0 Å². The molecule has 1 unspecified atom stereocenters. The molecule has 4 rings (SSSR count). The third-order valence-corrected chi connectivity index (χ3v) is 7.12. The molecule has 1 atom stereocenters. The Hall–Kier alpha value is -3.59. The molecule has 2 N–H and O–H groups in total. The van der Waals surface area contributed by atoms with E-state index in [4.69, 9.17) is 49.0 Å². The van der Waals surface area contributed by atoms with Gasteiger partial charge in [-0.05, 0) is 61.4 Å². The summed E-state index contributed by atoms with van der Waals surface area (Å²) in [4.78, 5) is 28.4. The zero-order chi connectivity index (χ0) is 28.6. The van der Waals surface area contributed by atoms with E-state index < -0.39 is 23.5 Å². The van der Waals surface area contributed by atoms with E-state index in [2.05, 4.69) is 0 Å². The monoisotopic (exact) mass is 591 g/mol. The van der Waals surface area contributed by atoms with Gasteiger partial charge in [-0.1, -0.05) is 40.9 Å². The third-order valence-electron chi connectivity index (χ3n) is 6.26. The summed E-state index contributed by atoms with van der Waals surface area (Å²) >= 11 is 18.9. The van der Waals surface area contributed by atoms with E-state index in [-0.39, 0.29) is 50.8 Å². The molecule has 11 heteroatoms. The van der Waals surface area contributed by atoms with Gasteiger partial charge in [0.2, 0.25) is 0 Å². The third kappa shape index (κ3) is 4.95. The summed E-state index contributed by atoms with van der Waals surface area (Å²) in [5.74, 6) is -2.30. The number of nitrogens with zero attached hydrogens (tertiary/aromatic N) is 1. The summed E-state index contributed by atoms with van der Waals surface area (Å²) in [6.07, 6.45) is 0. The molecular weight excluding hydrogens is 569 g/mol. The Morgan fingerprint density at radius 3 is 2.31 bits per heavy atom. The Bertz CT molecular complexity index is 1520. The average molecular weight is 593 g/mol. The zero-order valence-corrected chi connectivity index (χ0v) is 23.6. The minimum atomic E-state index is -1.13. The van der Waals surface area contributed by atoms with E-state index in [0.29, 0.717) is 21.8 Å². The van der Waals surface area contributed by atoms with Gasteiger partial charge < -0.3 is 24.4 Å². The summed E-state index contributed by atoms with van der Waals surface area (Å²) in [5.41, 5.74) is 1.13. The van der Waals surface area contributed by atoms with Crippen molar-refractivity contribution in [1.29, 1.82) is 0 Å². The molecule has 0 radical (unpaired) electrons. The molecule has 0 bridgehead atoms. The number of anilines is 1. The van der Waals surface area contributed by atoms with Crippen LogP contribution in [0.15, 0.2) is 48.0 Å². The van der Waals surface area contributed by atoms with E-state index >= 15 is 0 Å². The maximum atomic E-state index is 13.6. The largest absolute Gasteiger partial charge is 0.507 e. The summed E-state index contributed by atoms with van der Waals surface area (Å²) < 4.78 is 16.2. The molecule has 0 saturated carbocycles. The Morgan fingerprint density at radius 2 is 1.69 bits per heavy atom. The molecule has 1 fully saturated rings. The number of amides is 1. The Morgan fingerprint density at radius 1 is 1.00 bits per heavy atom. The van der Waals surface area contributed by atoms with Crippen LogP contribution in [0, 0.1) is 6.92 Å². The minimum Gasteiger partial charge on any atom is -0.507 e. The minimum absolute atomic E-state index is 0.0104. The van der Waals surface area contributed by atoms with Crippen LogP contribution in [0.3, 0.4) is 0 Å². The van der Waals surface area contributed by atoms with Crippen molar-refractivity contribution >= 4 is 57.9 Å². The van der Waals surface area contributed by atoms with Gasteiger partial charge in [-0.2, -0.15) is 0 Å². The van der Waals surface area contributed by atoms with Crippen molar-refractivity contribution in [3.05, 3.63) is 79.8 Å². The van der Waals surface area contributed by atoms with Gasteiger partial charge in [-0.25, -0.2) is 0 Å². The predicted octanol–water partition coefficient (Wildman–Crippen LogP) is 6.70. The second-order valence-electron chi connectivity index (χ2n) is 8.55. The number of phenols is 1. The fraction of sp³-hybridized carbons (Fsp3) is 0.214. The van der Waals surface area contributed by atoms with Crippen LogP contribution < -0.4 is 19.1 Å². The Kier molecular flexibility index (Phi) is 8.20. The van der Waals surface area contributed by atoms with Crippen LogP contribution in [0.25, 0.3) is 5.76 Å². The number of methoxy groups -OCH3 is 2. The number of aromatic hydroxyl groups is 1. The second kappa shape index (κ2) is 11.3. The number of ether oxygens (including phenoxy) is 3. The van der Waals surface area contributed by atoms with Crippen molar-refractivity contribution in [2.45, 2.75) is 19.9 Å². The molecule has 3 aromatic carbocycles. The lowest BCUT2D eigenvalue weighted by molar-refractivity contribution is -0.132. The van der Waals surface area contributed by atoms with Crippen LogP contribution in [-0.4, -0.2) is 42.7 Å². The van der Waals surface area contributed by atoms with Crippen molar-refractivity contribution in [3.63, 3.8) is 0 Å². The number of aliphatic hydroxyl groups excluding tert-OH is 1. The molecule has 204 valence electrons. The Labute approximate surface area is 239 Å². The van der Waals surface area contributed by atoms with Crippen molar-refractivity contribution in [2.24, 2.45) is 0 Å². The lowest BCUT2D eigenvalue weighted by Gasteiger charge is -2.27. The molecule has 0 aromatic heterocycles. The highest BCUT2D eigenvalue weighted by atomic mass is 35.5. The number of carbonyl (C=O) groups is 2. The second-order valence-corrected chi connectivity index (χ2v) is 9.77. The number of aryl methyl sites for hydroxylation is 1. The molecule has 39 heavy (non-hydrogen) atoms. The topological polar surface area (TPSA) is 106 Å². The van der Waals surface area contributed by atoms with Crippen molar-refractivity contribution < 1.29 is 34.0 Å². The quantitative estimate of drug-likeness (QED) is 0.179. The first-order chi connectivity index (χ1) is 18.5. The predicted molar refractivity (Wildman–Crippen MR) is 150 cm³/mol. The van der Waals surface area contributed by atoms with E-state index in [1.807, 2.05) is 0 Å². The van der Waals surface area contributed by atoms with E-state index in [1.54, 1.807) is 32.0 Å². The number of aliphatic hydroxyl groups is 1. The van der Waals surface area contributed by atoms with Gasteiger partial charge in [0.1, 0.15) is 10.8 Å². The van der Waals surface area contributed by atoms with Gasteiger partial charge >= 0.3 is 0 Å². The standard InChI is InChI=1S/C28H24Cl3NO7/c1-5-39-20-11-14(6-9-19(20)33)23-21(24(34)16-12-17(30)27(38-4)22(31)26(16)37-3)25(35)28(36)32(23)18-8-7-15(29)10-13(18)2/h6-12,23,33-34H,5H2,1-4H3/b24-21+. The van der Waals surface area contributed by atoms with Gasteiger partial charge in [-0.3, -0.25) is 14.5 Å². The number of carbonyl (C=O) groups excluding carboxylic acids is 2. The highest BCUT2D eigenvalue weighted by Gasteiger charge is 2.48. The molecular formula is C28H24Cl3NO7. The number of hydrogen-bond donors (Lipinski definition) is 2. The fourth-order valence-electron chi connectivity index (χ4n) is 4.55. The first kappa shape index (κ1) is 28.4. The molecule has 0 aliphatic carbocycles. The van der Waals surface area contributed by atoms with Crippen LogP contribution >= 0.6 is 34.8 Å². The van der Waals surface area contributed by atoms with Crippen LogP contribution in [0.4, 0.5) is 5.69 Å². The van der Waals surface area contributed by atoms with Crippen molar-refractivity contribution in [1.82, 2.24) is 0 Å². The first-order valence-electron chi connectivity index (χ1n) is 11.7. The summed E-state index contributed by atoms with van der Waals surface area (Å²) in [5, 5.41) is 22.4. The van der Waals surface area contributed by atoms with Crippen molar-refractivity contribution in [3.8, 4) is 23.0 Å². The highest BCUT2D eigenvalue weighted by molar-refractivity contribution is 6.52. The highest BCUT2D eigenvalue weighted by Crippen LogP contribution is 2.49. The number of rotatable bonds is 7. The molecule has 3 aromatic rings. The van der Waals surface area contributed by atoms with Gasteiger partial charge in [0.15, 0.2) is 23.0 Å². The SMILES string of the molecule is CCOc1cc(C2/C(=C(\O)c3cc(Cl)c(OC)c(Cl)c3OC)C(=O)C(=O)N2c2ccc(Cl)cc2C)ccc1O. The van der Waals surface area contributed by atoms with Gasteiger partial charge in [0, 0.05) is 10.7 Å². The lowest BCUT2D eigenvalue weighted by atomic mass is 9.94. The van der Waals surface area contributed by atoms with Gasteiger partial charge in [0.25, 0.3) is 11.7 Å². The maximum absolute atomic E-state index is 13.6. The van der Waals surface area contributed by atoms with Crippen LogP contribution in [-0.2, 0) is 9.59 Å². The zero-order valence-electron chi connectivity index (χ0n) is 21.3. The number of halogens is 3. The van der Waals surface area contributed by atoms with E-state index in [1.165, 1.54) is 43.4 Å². The van der Waals surface area contributed by atoms with Gasteiger partial charge in [0.05, 0.1) is 43.0 Å². The average Bonchev–Trinajstić information content (AvgIpc) is 3.15. The molecule has 8 nitrogen and oxygen atoms in total. The first-order valence-corrected chi connectivity index (χ1v) is 12.8. The summed E-state index contributed by atoms with van der Waals surface area (Å²) in [7, 11) is 2.69. The van der Waals surface area contributed by atoms with Gasteiger partial charge in [-0.15, -0.1) is 0 Å². The van der Waals surface area contributed by atoms with Crippen LogP contribution in [0.5, 0.6) is 23.0 Å². The molecule has 1 saturated heterocycles. The molecule has 1 amide bonds. The summed E-state index contributed by atoms with van der Waals surface area (Å²) in [6, 6.07) is 9.49. The molecule has 0 spiro atoms. The van der Waals surface area contributed by atoms with E-state index in [9.17, 15) is 19.8 Å². The number of hydrogen-bond acceptors (Lipinski definition) is 7.